The second-order valence-electron chi connectivity index (χ2n) is 4.49. The Kier molecular flexibility index (Phi) is 10.0. The Bertz CT molecular complexity index is 426. The Labute approximate surface area is 146 Å². The first-order valence-electron chi connectivity index (χ1n) is 6.23. The van der Waals surface area contributed by atoms with E-state index in [1.165, 1.54) is 0 Å². The molecule has 1 atom stereocenters. The molecule has 2 nitrogen and oxygen atoms in total. The Balaban J connectivity index is 0.00000180. The van der Waals surface area contributed by atoms with Crippen molar-refractivity contribution in [3.63, 3.8) is 0 Å². The first kappa shape index (κ1) is 20.1. The first-order chi connectivity index (χ1) is 8.72. The van der Waals surface area contributed by atoms with Crippen molar-refractivity contribution in [3.05, 3.63) is 45.8 Å². The molecule has 0 bridgehead atoms. The smallest absolute Gasteiger partial charge is 0.128 e. The Morgan fingerprint density at radius 3 is 2.60 bits per heavy atom. The SMILES string of the molecule is C=CC[C@@H](c1cc(I)ccc1F)N1CCNCC1.Cl.Cl. The molecule has 1 aromatic rings. The molecule has 2 rings (SSSR count). The third-order valence-electron chi connectivity index (χ3n) is 3.30. The summed E-state index contributed by atoms with van der Waals surface area (Å²) in [5.74, 6) is -0.110. The van der Waals surface area contributed by atoms with Crippen molar-refractivity contribution in [2.24, 2.45) is 0 Å². The monoisotopic (exact) mass is 432 g/mol. The predicted molar refractivity (Wildman–Crippen MR) is 95.6 cm³/mol. The summed E-state index contributed by atoms with van der Waals surface area (Å²) in [6.07, 6.45) is 2.67. The molecule has 1 aliphatic rings. The lowest BCUT2D eigenvalue weighted by atomic mass is 10.0. The fourth-order valence-electron chi connectivity index (χ4n) is 2.39. The summed E-state index contributed by atoms with van der Waals surface area (Å²) in [6.45, 7) is 7.67. The van der Waals surface area contributed by atoms with Crippen LogP contribution in [0.1, 0.15) is 18.0 Å². The van der Waals surface area contributed by atoms with Crippen molar-refractivity contribution in [2.45, 2.75) is 12.5 Å². The van der Waals surface area contributed by atoms with Crippen molar-refractivity contribution in [3.8, 4) is 0 Å². The van der Waals surface area contributed by atoms with Crippen LogP contribution in [0.15, 0.2) is 30.9 Å². The summed E-state index contributed by atoms with van der Waals surface area (Å²) in [4.78, 5) is 2.34. The number of rotatable bonds is 4. The zero-order chi connectivity index (χ0) is 13.0. The Hall–Kier alpha value is 0.120. The highest BCUT2D eigenvalue weighted by atomic mass is 127. The van der Waals surface area contributed by atoms with Crippen molar-refractivity contribution in [2.75, 3.05) is 26.2 Å². The van der Waals surface area contributed by atoms with Crippen molar-refractivity contribution >= 4 is 47.4 Å². The average Bonchev–Trinajstić information content (AvgIpc) is 2.40. The van der Waals surface area contributed by atoms with Gasteiger partial charge in [-0.25, -0.2) is 4.39 Å². The highest BCUT2D eigenvalue weighted by Gasteiger charge is 2.23. The second-order valence-corrected chi connectivity index (χ2v) is 5.74. The third kappa shape index (κ3) is 5.15. The number of hydrogen-bond acceptors (Lipinski definition) is 2. The molecular formula is C14H20Cl2FIN2. The molecule has 0 saturated carbocycles. The van der Waals surface area contributed by atoms with Crippen LogP contribution in [0.3, 0.4) is 0 Å². The molecule has 0 amide bonds. The van der Waals surface area contributed by atoms with Crippen LogP contribution in [0.5, 0.6) is 0 Å². The fourth-order valence-corrected chi connectivity index (χ4v) is 2.91. The number of halogens is 4. The van der Waals surface area contributed by atoms with Gasteiger partial charge in [0.25, 0.3) is 0 Å². The molecule has 1 aromatic carbocycles. The normalized spacial score (nSPS) is 16.7. The van der Waals surface area contributed by atoms with Crippen molar-refractivity contribution in [1.29, 1.82) is 0 Å². The fraction of sp³-hybridized carbons (Fsp3) is 0.429. The predicted octanol–water partition coefficient (Wildman–Crippen LogP) is 3.80. The molecule has 1 aliphatic heterocycles. The average molecular weight is 433 g/mol. The van der Waals surface area contributed by atoms with Crippen LogP contribution in [-0.4, -0.2) is 31.1 Å². The van der Waals surface area contributed by atoms with Gasteiger partial charge < -0.3 is 5.32 Å². The second kappa shape index (κ2) is 9.95. The van der Waals surface area contributed by atoms with E-state index in [-0.39, 0.29) is 36.7 Å². The minimum atomic E-state index is -0.110. The lowest BCUT2D eigenvalue weighted by Crippen LogP contribution is -2.45. The van der Waals surface area contributed by atoms with Crippen LogP contribution < -0.4 is 5.32 Å². The molecule has 20 heavy (non-hydrogen) atoms. The highest BCUT2D eigenvalue weighted by Crippen LogP contribution is 2.28. The van der Waals surface area contributed by atoms with Crippen LogP contribution in [-0.2, 0) is 0 Å². The molecule has 1 N–H and O–H groups in total. The number of hydrogen-bond donors (Lipinski definition) is 1. The summed E-state index contributed by atoms with van der Waals surface area (Å²) in [7, 11) is 0. The zero-order valence-corrected chi connectivity index (χ0v) is 14.9. The van der Waals surface area contributed by atoms with E-state index in [0.717, 1.165) is 41.7 Å². The molecule has 114 valence electrons. The van der Waals surface area contributed by atoms with Gasteiger partial charge in [0.05, 0.1) is 0 Å². The molecule has 0 unspecified atom stereocenters. The minimum Gasteiger partial charge on any atom is -0.314 e. The van der Waals surface area contributed by atoms with Gasteiger partial charge in [-0.1, -0.05) is 6.08 Å². The van der Waals surface area contributed by atoms with E-state index in [2.05, 4.69) is 39.4 Å². The number of nitrogens with one attached hydrogen (secondary N) is 1. The maximum atomic E-state index is 14.0. The molecule has 0 aliphatic carbocycles. The molecule has 0 radical (unpaired) electrons. The summed E-state index contributed by atoms with van der Waals surface area (Å²) in [6, 6.07) is 5.43. The first-order valence-corrected chi connectivity index (χ1v) is 7.31. The number of piperazine rings is 1. The van der Waals surface area contributed by atoms with Crippen LogP contribution in [0, 0.1) is 9.39 Å². The Morgan fingerprint density at radius 2 is 2.00 bits per heavy atom. The summed E-state index contributed by atoms with van der Waals surface area (Å²) in [5, 5.41) is 3.33. The van der Waals surface area contributed by atoms with Crippen LogP contribution in [0.4, 0.5) is 4.39 Å². The molecule has 6 heteroatoms. The van der Waals surface area contributed by atoms with Gasteiger partial charge in [0, 0.05) is 41.4 Å². The standard InChI is InChI=1S/C14H18FIN2.2ClH/c1-2-3-14(18-8-6-17-7-9-18)12-10-11(16)4-5-13(12)15;;/h2,4-5,10,14,17H,1,3,6-9H2;2*1H/t14-;;/m0../s1. The van der Waals surface area contributed by atoms with E-state index < -0.39 is 0 Å². The van der Waals surface area contributed by atoms with Gasteiger partial charge in [-0.3, -0.25) is 4.90 Å². The molecule has 0 spiro atoms. The van der Waals surface area contributed by atoms with Crippen LogP contribution >= 0.6 is 47.4 Å². The maximum Gasteiger partial charge on any atom is 0.128 e. The number of benzene rings is 1. The lowest BCUT2D eigenvalue weighted by Gasteiger charge is -2.35. The van der Waals surface area contributed by atoms with E-state index in [0.29, 0.717) is 0 Å². The van der Waals surface area contributed by atoms with Crippen LogP contribution in [0.25, 0.3) is 0 Å². The number of nitrogens with zero attached hydrogens (tertiary/aromatic N) is 1. The van der Waals surface area contributed by atoms with Gasteiger partial charge in [0.15, 0.2) is 0 Å². The topological polar surface area (TPSA) is 15.3 Å². The largest absolute Gasteiger partial charge is 0.314 e. The quantitative estimate of drug-likeness (QED) is 0.575. The third-order valence-corrected chi connectivity index (χ3v) is 3.97. The van der Waals surface area contributed by atoms with E-state index in [1.54, 1.807) is 6.07 Å². The van der Waals surface area contributed by atoms with Crippen molar-refractivity contribution in [1.82, 2.24) is 10.2 Å². The highest BCUT2D eigenvalue weighted by molar-refractivity contribution is 14.1. The summed E-state index contributed by atoms with van der Waals surface area (Å²) in [5.41, 5.74) is 0.795. The molecule has 0 aromatic heterocycles. The van der Waals surface area contributed by atoms with Gasteiger partial charge in [0.1, 0.15) is 5.82 Å². The van der Waals surface area contributed by atoms with Gasteiger partial charge in [0.2, 0.25) is 0 Å². The van der Waals surface area contributed by atoms with Crippen LogP contribution in [0.2, 0.25) is 0 Å². The molecule has 1 heterocycles. The van der Waals surface area contributed by atoms with Crippen molar-refractivity contribution < 1.29 is 4.39 Å². The molecule has 1 fully saturated rings. The lowest BCUT2D eigenvalue weighted by molar-refractivity contribution is 0.171. The molecule has 1 saturated heterocycles. The minimum absolute atomic E-state index is 0. The Morgan fingerprint density at radius 1 is 1.35 bits per heavy atom. The summed E-state index contributed by atoms with van der Waals surface area (Å²) >= 11 is 2.23. The zero-order valence-electron chi connectivity index (χ0n) is 11.1. The van der Waals surface area contributed by atoms with E-state index in [4.69, 9.17) is 0 Å². The van der Waals surface area contributed by atoms with E-state index >= 15 is 0 Å². The van der Waals surface area contributed by atoms with E-state index in [9.17, 15) is 4.39 Å². The van der Waals surface area contributed by atoms with E-state index in [1.807, 2.05) is 18.2 Å². The molecular weight excluding hydrogens is 413 g/mol. The van der Waals surface area contributed by atoms with Gasteiger partial charge in [-0.2, -0.15) is 0 Å². The summed E-state index contributed by atoms with van der Waals surface area (Å²) < 4.78 is 15.1. The van der Waals surface area contributed by atoms with Gasteiger partial charge >= 0.3 is 0 Å². The maximum absolute atomic E-state index is 14.0. The van der Waals surface area contributed by atoms with Gasteiger partial charge in [-0.15, -0.1) is 31.4 Å². The van der Waals surface area contributed by atoms with Gasteiger partial charge in [-0.05, 0) is 47.2 Å².